The van der Waals surface area contributed by atoms with Gasteiger partial charge in [0.05, 0.1) is 12.1 Å². The van der Waals surface area contributed by atoms with Crippen LogP contribution in [0.1, 0.15) is 12.8 Å². The van der Waals surface area contributed by atoms with Gasteiger partial charge in [-0.15, -0.1) is 0 Å². The first-order valence-corrected chi connectivity index (χ1v) is 9.82. The Balaban J connectivity index is 1.31. The Kier molecular flexibility index (Phi) is 5.75. The molecule has 0 aliphatic heterocycles. The summed E-state index contributed by atoms with van der Waals surface area (Å²) in [6, 6.07) is 18.7. The SMILES string of the molecule is CN(CCCCOc1ccc2c(ccn2-c2ccc(F)cc2)c1)c1ccncc1. The average molecular weight is 389 g/mol. The summed E-state index contributed by atoms with van der Waals surface area (Å²) in [5.41, 5.74) is 3.19. The van der Waals surface area contributed by atoms with Crippen molar-refractivity contribution in [2.24, 2.45) is 0 Å². The van der Waals surface area contributed by atoms with Crippen LogP contribution in [-0.2, 0) is 0 Å². The highest BCUT2D eigenvalue weighted by molar-refractivity contribution is 5.83. The molecule has 0 saturated carbocycles. The molecular weight excluding hydrogens is 365 g/mol. The predicted octanol–water partition coefficient (Wildman–Crippen LogP) is 5.46. The molecule has 0 saturated heterocycles. The van der Waals surface area contributed by atoms with Gasteiger partial charge in [0.15, 0.2) is 0 Å². The molecule has 0 amide bonds. The molecule has 0 spiro atoms. The van der Waals surface area contributed by atoms with Crippen LogP contribution in [0.25, 0.3) is 16.6 Å². The second-order valence-electron chi connectivity index (χ2n) is 7.07. The Hall–Kier alpha value is -3.34. The number of nitrogens with zero attached hydrogens (tertiary/aromatic N) is 3. The summed E-state index contributed by atoms with van der Waals surface area (Å²) in [5.74, 6) is 0.643. The van der Waals surface area contributed by atoms with Gasteiger partial charge in [-0.05, 0) is 73.5 Å². The molecule has 0 radical (unpaired) electrons. The van der Waals surface area contributed by atoms with Crippen LogP contribution in [-0.4, -0.2) is 29.8 Å². The number of benzene rings is 2. The molecule has 0 atom stereocenters. The van der Waals surface area contributed by atoms with Crippen LogP contribution in [0.15, 0.2) is 79.3 Å². The number of halogens is 1. The number of aromatic nitrogens is 2. The van der Waals surface area contributed by atoms with Gasteiger partial charge < -0.3 is 14.2 Å². The van der Waals surface area contributed by atoms with Crippen LogP contribution in [0, 0.1) is 5.82 Å². The summed E-state index contributed by atoms with van der Waals surface area (Å²) >= 11 is 0. The van der Waals surface area contributed by atoms with Gasteiger partial charge in [-0.3, -0.25) is 4.98 Å². The van der Waals surface area contributed by atoms with Gasteiger partial charge in [-0.1, -0.05) is 0 Å². The maximum atomic E-state index is 13.2. The van der Waals surface area contributed by atoms with E-state index in [1.54, 1.807) is 12.1 Å². The van der Waals surface area contributed by atoms with E-state index < -0.39 is 0 Å². The molecule has 0 aliphatic rings. The van der Waals surface area contributed by atoms with Crippen molar-refractivity contribution in [1.29, 1.82) is 0 Å². The fourth-order valence-electron chi connectivity index (χ4n) is 3.41. The number of fused-ring (bicyclic) bond motifs is 1. The molecule has 0 bridgehead atoms. The third-order valence-corrected chi connectivity index (χ3v) is 5.03. The highest BCUT2D eigenvalue weighted by Gasteiger charge is 2.06. The molecule has 148 valence electrons. The van der Waals surface area contributed by atoms with Crippen molar-refractivity contribution in [2.45, 2.75) is 12.8 Å². The second-order valence-corrected chi connectivity index (χ2v) is 7.07. The molecule has 0 fully saturated rings. The Bertz CT molecular complexity index is 1060. The van der Waals surface area contributed by atoms with Crippen molar-refractivity contribution in [1.82, 2.24) is 9.55 Å². The number of anilines is 1. The molecule has 0 N–H and O–H groups in total. The molecule has 5 heteroatoms. The number of hydrogen-bond donors (Lipinski definition) is 0. The first-order chi connectivity index (χ1) is 14.2. The van der Waals surface area contributed by atoms with Crippen molar-refractivity contribution < 1.29 is 9.13 Å². The van der Waals surface area contributed by atoms with E-state index >= 15 is 0 Å². The van der Waals surface area contributed by atoms with E-state index in [1.165, 1.54) is 17.8 Å². The van der Waals surface area contributed by atoms with Crippen molar-refractivity contribution in [2.75, 3.05) is 25.1 Å². The second kappa shape index (κ2) is 8.78. The number of rotatable bonds is 8. The molecule has 4 nitrogen and oxygen atoms in total. The molecule has 0 unspecified atom stereocenters. The van der Waals surface area contributed by atoms with Crippen molar-refractivity contribution >= 4 is 16.6 Å². The highest BCUT2D eigenvalue weighted by atomic mass is 19.1. The quantitative estimate of drug-likeness (QED) is 0.375. The lowest BCUT2D eigenvalue weighted by molar-refractivity contribution is 0.308. The van der Waals surface area contributed by atoms with E-state index in [4.69, 9.17) is 4.74 Å². The van der Waals surface area contributed by atoms with E-state index in [1.807, 2.05) is 47.4 Å². The number of unbranched alkanes of at least 4 members (excludes halogenated alkanes) is 1. The van der Waals surface area contributed by atoms with E-state index in [0.29, 0.717) is 6.61 Å². The van der Waals surface area contributed by atoms with Gasteiger partial charge in [0.25, 0.3) is 0 Å². The zero-order valence-electron chi connectivity index (χ0n) is 16.5. The normalized spacial score (nSPS) is 11.0. The molecule has 2 aromatic heterocycles. The number of ether oxygens (including phenoxy) is 1. The molecule has 2 aromatic carbocycles. The standard InChI is InChI=1S/C24H24FN3O/c1-27(21-10-13-26-14-11-21)15-2-3-17-29-23-8-9-24-19(18-23)12-16-28(24)22-6-4-20(25)5-7-22/h4-14,16,18H,2-3,15,17H2,1H3. The summed E-state index contributed by atoms with van der Waals surface area (Å²) in [6.07, 6.45) is 7.67. The first kappa shape index (κ1) is 19.0. The zero-order valence-corrected chi connectivity index (χ0v) is 16.5. The van der Waals surface area contributed by atoms with Gasteiger partial charge in [0, 0.05) is 48.9 Å². The van der Waals surface area contributed by atoms with Crippen LogP contribution >= 0.6 is 0 Å². The van der Waals surface area contributed by atoms with Gasteiger partial charge in [-0.2, -0.15) is 0 Å². The van der Waals surface area contributed by atoms with Gasteiger partial charge >= 0.3 is 0 Å². The zero-order chi connectivity index (χ0) is 20.1. The smallest absolute Gasteiger partial charge is 0.123 e. The van der Waals surface area contributed by atoms with Gasteiger partial charge in [-0.25, -0.2) is 4.39 Å². The summed E-state index contributed by atoms with van der Waals surface area (Å²) in [5, 5.41) is 1.10. The lowest BCUT2D eigenvalue weighted by Gasteiger charge is -2.18. The third-order valence-electron chi connectivity index (χ3n) is 5.03. The van der Waals surface area contributed by atoms with Crippen molar-refractivity contribution in [3.8, 4) is 11.4 Å². The van der Waals surface area contributed by atoms with E-state index in [9.17, 15) is 4.39 Å². The maximum absolute atomic E-state index is 13.2. The minimum Gasteiger partial charge on any atom is -0.494 e. The van der Waals surface area contributed by atoms with E-state index in [-0.39, 0.29) is 5.82 Å². The Morgan fingerprint density at radius 1 is 0.966 bits per heavy atom. The summed E-state index contributed by atoms with van der Waals surface area (Å²) in [4.78, 5) is 6.28. The minimum atomic E-state index is -0.229. The largest absolute Gasteiger partial charge is 0.494 e. The molecule has 2 heterocycles. The van der Waals surface area contributed by atoms with Gasteiger partial charge in [0.2, 0.25) is 0 Å². The highest BCUT2D eigenvalue weighted by Crippen LogP contribution is 2.25. The van der Waals surface area contributed by atoms with Crippen LogP contribution < -0.4 is 9.64 Å². The summed E-state index contributed by atoms with van der Waals surface area (Å²) in [6.45, 7) is 1.67. The molecule has 4 rings (SSSR count). The van der Waals surface area contributed by atoms with Crippen molar-refractivity contribution in [3.63, 3.8) is 0 Å². The van der Waals surface area contributed by atoms with Gasteiger partial charge in [0.1, 0.15) is 11.6 Å². The predicted molar refractivity (Wildman–Crippen MR) is 115 cm³/mol. The van der Waals surface area contributed by atoms with Crippen LogP contribution in [0.5, 0.6) is 5.75 Å². The van der Waals surface area contributed by atoms with Crippen LogP contribution in [0.3, 0.4) is 0 Å². The monoisotopic (exact) mass is 389 g/mol. The molecule has 4 aromatic rings. The summed E-state index contributed by atoms with van der Waals surface area (Å²) < 4.78 is 21.2. The molecule has 0 aliphatic carbocycles. The molecule has 29 heavy (non-hydrogen) atoms. The van der Waals surface area contributed by atoms with E-state index in [0.717, 1.165) is 41.7 Å². The Morgan fingerprint density at radius 3 is 2.55 bits per heavy atom. The van der Waals surface area contributed by atoms with Crippen molar-refractivity contribution in [3.05, 3.63) is 85.1 Å². The average Bonchev–Trinajstić information content (AvgIpc) is 3.18. The topological polar surface area (TPSA) is 30.3 Å². The summed E-state index contributed by atoms with van der Waals surface area (Å²) in [7, 11) is 2.09. The van der Waals surface area contributed by atoms with Crippen LogP contribution in [0.2, 0.25) is 0 Å². The maximum Gasteiger partial charge on any atom is 0.123 e. The molecular formula is C24H24FN3O. The lowest BCUT2D eigenvalue weighted by atomic mass is 10.2. The number of pyridine rings is 1. The minimum absolute atomic E-state index is 0.229. The lowest BCUT2D eigenvalue weighted by Crippen LogP contribution is -2.18. The number of hydrogen-bond acceptors (Lipinski definition) is 3. The van der Waals surface area contributed by atoms with Crippen LogP contribution in [0.4, 0.5) is 10.1 Å². The first-order valence-electron chi connectivity index (χ1n) is 9.82. The fraction of sp³-hybridized carbons (Fsp3) is 0.208. The Morgan fingerprint density at radius 2 is 1.76 bits per heavy atom. The third kappa shape index (κ3) is 4.57. The van der Waals surface area contributed by atoms with E-state index in [2.05, 4.69) is 29.1 Å². The Labute approximate surface area is 170 Å². The fourth-order valence-corrected chi connectivity index (χ4v) is 3.41.